The van der Waals surface area contributed by atoms with Crippen LogP contribution in [0.15, 0.2) is 49.1 Å². The van der Waals surface area contributed by atoms with E-state index in [1.165, 1.54) is 0 Å². The van der Waals surface area contributed by atoms with E-state index in [2.05, 4.69) is 6.58 Å². The molecule has 0 aromatic heterocycles. The van der Waals surface area contributed by atoms with Crippen LogP contribution < -0.4 is 0 Å². The van der Waals surface area contributed by atoms with Crippen LogP contribution in [0.4, 0.5) is 13.2 Å². The standard InChI is InChI=1S/C17H11F3/c1-2-3-10-4-5-11-8-14-13(7-12(11)6-10)9-15(18)17(20)16(14)19/h2,4-9H,1,3H2. The van der Waals surface area contributed by atoms with E-state index >= 15 is 0 Å². The van der Waals surface area contributed by atoms with Crippen molar-refractivity contribution in [2.24, 2.45) is 0 Å². The number of benzene rings is 3. The van der Waals surface area contributed by atoms with E-state index in [9.17, 15) is 13.2 Å². The van der Waals surface area contributed by atoms with Crippen LogP contribution in [0.25, 0.3) is 21.5 Å². The highest BCUT2D eigenvalue weighted by Gasteiger charge is 2.14. The Morgan fingerprint density at radius 2 is 1.65 bits per heavy atom. The molecule has 0 saturated heterocycles. The minimum atomic E-state index is -1.43. The second kappa shape index (κ2) is 4.67. The van der Waals surface area contributed by atoms with E-state index in [4.69, 9.17) is 0 Å². The van der Waals surface area contributed by atoms with E-state index in [1.54, 1.807) is 18.2 Å². The molecule has 3 rings (SSSR count). The molecule has 0 aliphatic carbocycles. The summed E-state index contributed by atoms with van der Waals surface area (Å²) in [5, 5.41) is 2.09. The lowest BCUT2D eigenvalue weighted by Gasteiger charge is -2.06. The van der Waals surface area contributed by atoms with Crippen molar-refractivity contribution < 1.29 is 13.2 Å². The molecular weight excluding hydrogens is 261 g/mol. The fourth-order valence-electron chi connectivity index (χ4n) is 2.39. The second-order valence-corrected chi connectivity index (χ2v) is 4.73. The third kappa shape index (κ3) is 1.95. The predicted molar refractivity (Wildman–Crippen MR) is 75.2 cm³/mol. The molecule has 0 saturated carbocycles. The summed E-state index contributed by atoms with van der Waals surface area (Å²) >= 11 is 0. The van der Waals surface area contributed by atoms with Crippen LogP contribution in [0.5, 0.6) is 0 Å². The Morgan fingerprint density at radius 1 is 0.850 bits per heavy atom. The molecular formula is C17H11F3. The largest absolute Gasteiger partial charge is 0.204 e. The van der Waals surface area contributed by atoms with Crippen LogP contribution in [0.2, 0.25) is 0 Å². The molecule has 3 aromatic carbocycles. The first kappa shape index (κ1) is 12.7. The van der Waals surface area contributed by atoms with Crippen LogP contribution in [0.3, 0.4) is 0 Å². The number of halogens is 3. The lowest BCUT2D eigenvalue weighted by atomic mass is 10.00. The lowest BCUT2D eigenvalue weighted by Crippen LogP contribution is -1.92. The Kier molecular flexibility index (Phi) is 2.97. The van der Waals surface area contributed by atoms with Gasteiger partial charge >= 0.3 is 0 Å². The number of hydrogen-bond donors (Lipinski definition) is 0. The van der Waals surface area contributed by atoms with Gasteiger partial charge < -0.3 is 0 Å². The van der Waals surface area contributed by atoms with Gasteiger partial charge in [-0.15, -0.1) is 6.58 Å². The van der Waals surface area contributed by atoms with Gasteiger partial charge in [-0.05, 0) is 46.3 Å². The Morgan fingerprint density at radius 3 is 2.40 bits per heavy atom. The molecule has 0 bridgehead atoms. The molecule has 100 valence electrons. The van der Waals surface area contributed by atoms with E-state index < -0.39 is 17.5 Å². The molecule has 0 amide bonds. The van der Waals surface area contributed by atoms with Crippen LogP contribution >= 0.6 is 0 Å². The Balaban J connectivity index is 2.34. The zero-order chi connectivity index (χ0) is 14.3. The van der Waals surface area contributed by atoms with Crippen LogP contribution in [-0.2, 0) is 6.42 Å². The molecule has 0 radical (unpaired) electrons. The molecule has 0 aliphatic heterocycles. The van der Waals surface area contributed by atoms with E-state index in [-0.39, 0.29) is 5.39 Å². The minimum absolute atomic E-state index is 0.0906. The smallest absolute Gasteiger partial charge is 0.195 e. The van der Waals surface area contributed by atoms with Gasteiger partial charge in [0.2, 0.25) is 0 Å². The second-order valence-electron chi connectivity index (χ2n) is 4.73. The fourth-order valence-corrected chi connectivity index (χ4v) is 2.39. The normalized spacial score (nSPS) is 11.2. The van der Waals surface area contributed by atoms with Crippen molar-refractivity contribution in [3.05, 3.63) is 72.1 Å². The van der Waals surface area contributed by atoms with E-state index in [0.717, 1.165) is 28.8 Å². The minimum Gasteiger partial charge on any atom is -0.204 e. The summed E-state index contributed by atoms with van der Waals surface area (Å²) in [6, 6.07) is 9.92. The fraction of sp³-hybridized carbons (Fsp3) is 0.0588. The van der Waals surface area contributed by atoms with Crippen molar-refractivity contribution in [3.8, 4) is 0 Å². The molecule has 0 N–H and O–H groups in total. The van der Waals surface area contributed by atoms with Gasteiger partial charge in [0.25, 0.3) is 0 Å². The topological polar surface area (TPSA) is 0 Å². The molecule has 0 fully saturated rings. The highest BCUT2D eigenvalue weighted by molar-refractivity contribution is 5.98. The van der Waals surface area contributed by atoms with Crippen molar-refractivity contribution in [1.82, 2.24) is 0 Å². The molecule has 0 nitrogen and oxygen atoms in total. The van der Waals surface area contributed by atoms with Gasteiger partial charge in [0, 0.05) is 5.39 Å². The monoisotopic (exact) mass is 272 g/mol. The van der Waals surface area contributed by atoms with Gasteiger partial charge in [0.05, 0.1) is 0 Å². The maximum absolute atomic E-state index is 13.8. The number of rotatable bonds is 2. The number of allylic oxidation sites excluding steroid dienone is 1. The first-order valence-corrected chi connectivity index (χ1v) is 6.21. The van der Waals surface area contributed by atoms with E-state index in [0.29, 0.717) is 5.39 Å². The third-order valence-corrected chi connectivity index (χ3v) is 3.37. The molecule has 3 heteroatoms. The first-order chi connectivity index (χ1) is 9.60. The molecule has 3 aromatic rings. The molecule has 0 atom stereocenters. The highest BCUT2D eigenvalue weighted by atomic mass is 19.2. The Hall–Kier alpha value is -2.29. The molecule has 0 aliphatic rings. The Labute approximate surface area is 114 Å². The predicted octanol–water partition coefficient (Wildman–Crippen LogP) is 5.14. The van der Waals surface area contributed by atoms with Gasteiger partial charge in [-0.1, -0.05) is 24.3 Å². The molecule has 0 unspecified atom stereocenters. The summed E-state index contributed by atoms with van der Waals surface area (Å²) in [6.45, 7) is 3.68. The molecule has 0 heterocycles. The summed E-state index contributed by atoms with van der Waals surface area (Å²) in [5.41, 5.74) is 1.06. The van der Waals surface area contributed by atoms with Crippen molar-refractivity contribution in [2.45, 2.75) is 6.42 Å². The van der Waals surface area contributed by atoms with Crippen molar-refractivity contribution in [3.63, 3.8) is 0 Å². The highest BCUT2D eigenvalue weighted by Crippen LogP contribution is 2.28. The maximum atomic E-state index is 13.8. The lowest BCUT2D eigenvalue weighted by molar-refractivity contribution is 0.453. The zero-order valence-electron chi connectivity index (χ0n) is 10.6. The van der Waals surface area contributed by atoms with Crippen LogP contribution in [-0.4, -0.2) is 0 Å². The van der Waals surface area contributed by atoms with Crippen molar-refractivity contribution in [2.75, 3.05) is 0 Å². The summed E-state index contributed by atoms with van der Waals surface area (Å²) in [4.78, 5) is 0. The average Bonchev–Trinajstić information content (AvgIpc) is 2.44. The van der Waals surface area contributed by atoms with E-state index in [1.807, 2.05) is 18.2 Å². The zero-order valence-corrected chi connectivity index (χ0v) is 10.6. The number of fused-ring (bicyclic) bond motifs is 2. The van der Waals surface area contributed by atoms with Crippen molar-refractivity contribution in [1.29, 1.82) is 0 Å². The summed E-state index contributed by atoms with van der Waals surface area (Å²) in [7, 11) is 0. The van der Waals surface area contributed by atoms with Gasteiger partial charge in [-0.2, -0.15) is 0 Å². The summed E-state index contributed by atoms with van der Waals surface area (Å²) in [5.74, 6) is -3.74. The average molecular weight is 272 g/mol. The van der Waals surface area contributed by atoms with Crippen molar-refractivity contribution >= 4 is 21.5 Å². The van der Waals surface area contributed by atoms with Gasteiger partial charge in [-0.3, -0.25) is 0 Å². The number of hydrogen-bond acceptors (Lipinski definition) is 0. The Bertz CT molecular complexity index is 835. The maximum Gasteiger partial charge on any atom is 0.195 e. The quantitative estimate of drug-likeness (QED) is 0.344. The summed E-state index contributed by atoms with van der Waals surface area (Å²) < 4.78 is 40.3. The first-order valence-electron chi connectivity index (χ1n) is 6.21. The third-order valence-electron chi connectivity index (χ3n) is 3.37. The van der Waals surface area contributed by atoms with Gasteiger partial charge in [-0.25, -0.2) is 13.2 Å². The SMILES string of the molecule is C=CCc1ccc2cc3c(F)c(F)c(F)cc3cc2c1. The van der Waals surface area contributed by atoms with Gasteiger partial charge in [0.15, 0.2) is 17.5 Å². The molecule has 0 spiro atoms. The van der Waals surface area contributed by atoms with Crippen LogP contribution in [0, 0.1) is 17.5 Å². The molecule has 20 heavy (non-hydrogen) atoms. The van der Waals surface area contributed by atoms with Gasteiger partial charge in [0.1, 0.15) is 0 Å². The summed E-state index contributed by atoms with van der Waals surface area (Å²) in [6.07, 6.45) is 2.51. The van der Waals surface area contributed by atoms with Crippen LogP contribution in [0.1, 0.15) is 5.56 Å².